The van der Waals surface area contributed by atoms with E-state index in [1.807, 2.05) is 0 Å². The first-order valence-corrected chi connectivity index (χ1v) is 41.0. The van der Waals surface area contributed by atoms with Crippen molar-refractivity contribution in [1.29, 1.82) is 0 Å². The molecule has 0 aromatic carbocycles. The lowest BCUT2D eigenvalue weighted by Crippen LogP contribution is -2.68. The van der Waals surface area contributed by atoms with E-state index in [1.165, 1.54) is 66.8 Å². The molecule has 4 heterocycles. The predicted octanol–water partition coefficient (Wildman–Crippen LogP) is 6.66. The quantitative estimate of drug-likeness (QED) is 0.129. The Kier molecular flexibility index (Phi) is 31.0. The maximum absolute atomic E-state index is 15.8. The van der Waals surface area contributed by atoms with Crippen molar-refractivity contribution >= 4 is 70.9 Å². The van der Waals surface area contributed by atoms with Crippen molar-refractivity contribution in [1.82, 2.24) is 60.0 Å². The summed E-state index contributed by atoms with van der Waals surface area (Å²) in [5, 5.41) is 8.53. The molecule has 636 valence electrons. The Morgan fingerprint density at radius 2 is 1.21 bits per heavy atom. The van der Waals surface area contributed by atoms with E-state index in [0.717, 1.165) is 45.3 Å². The highest BCUT2D eigenvalue weighted by Gasteiger charge is 2.57. The van der Waals surface area contributed by atoms with Gasteiger partial charge in [-0.15, -0.1) is 0 Å². The predicted molar refractivity (Wildman–Crippen MR) is 397 cm³/mol. The van der Waals surface area contributed by atoms with Gasteiger partial charge >= 0.3 is 12.4 Å². The number of alkyl halides is 8. The molecule has 0 aromatic heterocycles. The molecular weight excluding hydrogens is 1490 g/mol. The fourth-order valence-electron chi connectivity index (χ4n) is 18.8. The molecule has 4 aliphatic heterocycles. The number of carbonyl (C=O) groups excluding carboxylic acids is 12. The van der Waals surface area contributed by atoms with E-state index in [9.17, 15) is 35.9 Å². The van der Waals surface area contributed by atoms with Crippen LogP contribution < -0.4 is 16.0 Å². The van der Waals surface area contributed by atoms with Crippen LogP contribution in [0.3, 0.4) is 0 Å². The molecule has 0 radical (unpaired) electrons. The van der Waals surface area contributed by atoms with Crippen LogP contribution in [0.1, 0.15) is 188 Å². The van der Waals surface area contributed by atoms with Gasteiger partial charge < -0.3 is 69.5 Å². The van der Waals surface area contributed by atoms with Crippen LogP contribution in [-0.2, 0) is 67.0 Å². The molecule has 34 heteroatoms. The number of carbonyl (C=O) groups is 12. The molecular formula is C79H120F8N12O14. The molecule has 12 atom stereocenters. The van der Waals surface area contributed by atoms with Gasteiger partial charge in [-0.3, -0.25) is 57.5 Å². The van der Waals surface area contributed by atoms with Gasteiger partial charge in [-0.25, -0.2) is 8.78 Å². The third-order valence-electron chi connectivity index (χ3n) is 26.1. The molecule has 8 fully saturated rings. The number of rotatable bonds is 13. The van der Waals surface area contributed by atoms with Crippen molar-refractivity contribution in [3.8, 4) is 0 Å². The molecule has 2 unspecified atom stereocenters. The van der Waals surface area contributed by atoms with Crippen molar-refractivity contribution in [2.24, 2.45) is 41.4 Å². The van der Waals surface area contributed by atoms with E-state index >= 15 is 56.7 Å². The zero-order valence-corrected chi connectivity index (χ0v) is 67.1. The van der Waals surface area contributed by atoms with E-state index in [1.54, 1.807) is 32.9 Å². The second-order valence-electron chi connectivity index (χ2n) is 33.6. The number of likely N-dealkylation sites (N-methyl/N-ethyl adjacent to an activating group) is 6. The fraction of sp³-hybridized carbons (Fsp3) is 0.823. The molecule has 113 heavy (non-hydrogen) atoms. The van der Waals surface area contributed by atoms with E-state index in [0.29, 0.717) is 38.5 Å². The van der Waals surface area contributed by atoms with E-state index in [2.05, 4.69) is 16.0 Å². The van der Waals surface area contributed by atoms with Gasteiger partial charge in [0.15, 0.2) is 0 Å². The second kappa shape index (κ2) is 39.1. The van der Waals surface area contributed by atoms with E-state index < -0.39 is 230 Å². The van der Waals surface area contributed by atoms with Gasteiger partial charge in [-0.05, 0) is 146 Å². The summed E-state index contributed by atoms with van der Waals surface area (Å²) < 4.78 is 127. The molecule has 12 amide bonds. The lowest BCUT2D eigenvalue weighted by molar-refractivity contribution is -0.219. The Labute approximate surface area is 657 Å². The summed E-state index contributed by atoms with van der Waals surface area (Å²) in [6.07, 6.45) is -9.87. The number of nitrogens with one attached hydrogen (secondary N) is 3. The van der Waals surface area contributed by atoms with Gasteiger partial charge in [0.05, 0.1) is 44.7 Å². The third-order valence-corrected chi connectivity index (χ3v) is 26.1. The third kappa shape index (κ3) is 21.7. The van der Waals surface area contributed by atoms with Crippen LogP contribution in [0.25, 0.3) is 0 Å². The van der Waals surface area contributed by atoms with Crippen LogP contribution in [0, 0.1) is 41.4 Å². The van der Waals surface area contributed by atoms with Crippen LogP contribution in [-0.4, -0.2) is 301 Å². The fourth-order valence-corrected chi connectivity index (χ4v) is 18.8. The number of hydrogen-bond acceptors (Lipinski definition) is 14. The Bertz CT molecular complexity index is 3390. The molecule has 5 aliphatic carbocycles. The largest absolute Gasteiger partial charge is 0.397 e. The molecule has 0 aromatic rings. The summed E-state index contributed by atoms with van der Waals surface area (Å²) in [5.41, 5.74) is -1.70. The first-order valence-electron chi connectivity index (χ1n) is 41.0. The minimum Gasteiger partial charge on any atom is -0.378 e. The summed E-state index contributed by atoms with van der Waals surface area (Å²) >= 11 is 0. The topological polar surface area (TPSA) is 289 Å². The number of ether oxygens (including phenoxy) is 2. The Morgan fingerprint density at radius 3 is 1.81 bits per heavy atom. The minimum absolute atomic E-state index is 0.00361. The van der Waals surface area contributed by atoms with Crippen molar-refractivity contribution < 1.29 is 102 Å². The van der Waals surface area contributed by atoms with Gasteiger partial charge in [-0.1, -0.05) is 70.9 Å². The number of hydrogen-bond donors (Lipinski definition) is 3. The SMILES string of the molecule is CCO[C@@H]1C[C@H]2C(=O)NC3(CCC3)C(=O)N(C)[C@@H](C3CCCC3)C(=O)N(C)[C@H](C(=O)N3CCOCC3)CC(=O)N(C)[C@@H](CC3CCCC3)C(=O)N[C@@H]([C@@H](C)CC)C(=O)N(C)CC(=O)N(C)[C@H]3C/C=C\CCN(C3=O)[C@@H](CC3CCC(C(F)(F)F)CC3)C(=O)N(C)CC(=O)N[C@@H](CCC3CC(F)C(C(F)(F)F)C(F)C3)C(=O)N2C1. The number of nitrogens with zero attached hydrogens (tertiary/aromatic N) is 9. The van der Waals surface area contributed by atoms with E-state index in [-0.39, 0.29) is 129 Å². The second-order valence-corrected chi connectivity index (χ2v) is 33.6. The first-order chi connectivity index (χ1) is 53.4. The summed E-state index contributed by atoms with van der Waals surface area (Å²) in [5.74, 6) is -16.6. The highest BCUT2D eigenvalue weighted by atomic mass is 19.4. The highest BCUT2D eigenvalue weighted by Crippen LogP contribution is 2.46. The zero-order chi connectivity index (χ0) is 82.7. The standard InChI is InChI=1S/C79H120F8N12O14/c1-10-47(3)66-74(109)92(5)46-64(102)93(6)57-24-13-12-18-33-98(73(57)108)61(41-49-25-28-52(29-26-49)78(82,83)84)71(106)91(4)45-62(100)88-56(30-27-50-38-54(80)65(55(81)39-50)79(85,86)87)70(105)99-44-53(113-11-2)42-59(99)69(104)90-77(31-19-32-77)76(111)96(9)67(51-22-16-17-23-51)75(110)95(8)60(72(107)97-34-36-112-37-35-97)43-63(101)94(7)58(68(103)89-66)40-48-20-14-15-21-48/h12-13,47-61,65-67H,10-11,14-46H2,1-9H3,(H,88,100)(H,89,103)(H,90,104)/b13-12-/t47-,49?,50?,52?,53+,54?,55?,56-,57-,58-,59-,60-,61-,65?,66-,67-/m0/s1. The molecule has 2 bridgehead atoms. The Morgan fingerprint density at radius 1 is 0.602 bits per heavy atom. The average molecular weight is 1610 g/mol. The number of fused-ring (bicyclic) bond motifs is 3. The van der Waals surface area contributed by atoms with Gasteiger partial charge in [0.25, 0.3) is 0 Å². The van der Waals surface area contributed by atoms with Gasteiger partial charge in [0.2, 0.25) is 70.9 Å². The molecule has 5 saturated carbocycles. The summed E-state index contributed by atoms with van der Waals surface area (Å²) in [6, 6.07) is -11.4. The van der Waals surface area contributed by atoms with Gasteiger partial charge in [0, 0.05) is 81.5 Å². The van der Waals surface area contributed by atoms with Crippen molar-refractivity contribution in [3.63, 3.8) is 0 Å². The minimum atomic E-state index is -5.22. The monoisotopic (exact) mass is 1610 g/mol. The smallest absolute Gasteiger partial charge is 0.378 e. The average Bonchev–Trinajstić information content (AvgIpc) is 1.71. The lowest BCUT2D eigenvalue weighted by atomic mass is 9.74. The number of halogens is 8. The number of amides is 12. The maximum Gasteiger partial charge on any atom is 0.397 e. The molecule has 9 aliphatic rings. The summed E-state index contributed by atoms with van der Waals surface area (Å²) in [7, 11) is 8.16. The van der Waals surface area contributed by atoms with Crippen LogP contribution >= 0.6 is 0 Å². The zero-order valence-electron chi connectivity index (χ0n) is 67.1. The highest BCUT2D eigenvalue weighted by molar-refractivity contribution is 6.01. The van der Waals surface area contributed by atoms with Crippen molar-refractivity contribution in [3.05, 3.63) is 12.2 Å². The van der Waals surface area contributed by atoms with Crippen LogP contribution in [0.5, 0.6) is 0 Å². The van der Waals surface area contributed by atoms with Gasteiger partial charge in [-0.2, -0.15) is 26.3 Å². The van der Waals surface area contributed by atoms with E-state index in [4.69, 9.17) is 9.47 Å². The molecule has 3 N–H and O–H groups in total. The Hall–Kier alpha value is -7.26. The van der Waals surface area contributed by atoms with Crippen molar-refractivity contribution in [2.45, 2.75) is 272 Å². The molecule has 3 saturated heterocycles. The normalized spacial score (nSPS) is 32.8. The van der Waals surface area contributed by atoms with Crippen LogP contribution in [0.15, 0.2) is 12.2 Å². The maximum atomic E-state index is 15.8. The molecule has 26 nitrogen and oxygen atoms in total. The van der Waals surface area contributed by atoms with Crippen molar-refractivity contribution in [2.75, 3.05) is 101 Å². The van der Waals surface area contributed by atoms with Gasteiger partial charge in [0.1, 0.15) is 72.1 Å². The summed E-state index contributed by atoms with van der Waals surface area (Å²) in [4.78, 5) is 195. The first kappa shape index (κ1) is 89.7. The summed E-state index contributed by atoms with van der Waals surface area (Å²) in [6.45, 7) is 3.83. The molecule has 9 rings (SSSR count). The van der Waals surface area contributed by atoms with Crippen LogP contribution in [0.2, 0.25) is 0 Å². The molecule has 1 spiro atoms. The lowest BCUT2D eigenvalue weighted by Gasteiger charge is -2.47. The van der Waals surface area contributed by atoms with Crippen LogP contribution in [0.4, 0.5) is 35.1 Å². The number of morpholine rings is 1. The Balaban J connectivity index is 1.11.